The van der Waals surface area contributed by atoms with Gasteiger partial charge < -0.3 is 14.4 Å². The van der Waals surface area contributed by atoms with E-state index in [4.69, 9.17) is 9.47 Å². The van der Waals surface area contributed by atoms with Crippen LogP contribution in [0, 0.1) is 0 Å². The SMILES string of the molecule is C=C[C@@H](OCc1ccccc1)[C@@H]1[C@@H](OC(C)=O)C=CCN1C(C)=O. The molecule has 0 N–H and O–H groups in total. The van der Waals surface area contributed by atoms with Gasteiger partial charge in [0.2, 0.25) is 5.91 Å². The summed E-state index contributed by atoms with van der Waals surface area (Å²) in [6.45, 7) is 7.52. The smallest absolute Gasteiger partial charge is 0.303 e. The lowest BCUT2D eigenvalue weighted by Gasteiger charge is -2.40. The van der Waals surface area contributed by atoms with Crippen LogP contribution in [0.4, 0.5) is 0 Å². The summed E-state index contributed by atoms with van der Waals surface area (Å²) in [6.07, 6.45) is 4.26. The molecule has 0 bridgehead atoms. The van der Waals surface area contributed by atoms with Gasteiger partial charge in [0, 0.05) is 20.4 Å². The molecule has 5 nitrogen and oxygen atoms in total. The van der Waals surface area contributed by atoms with E-state index in [9.17, 15) is 9.59 Å². The Morgan fingerprint density at radius 1 is 1.33 bits per heavy atom. The zero-order valence-electron chi connectivity index (χ0n) is 14.1. The topological polar surface area (TPSA) is 55.8 Å². The predicted molar refractivity (Wildman–Crippen MR) is 91.1 cm³/mol. The van der Waals surface area contributed by atoms with E-state index in [1.165, 1.54) is 13.8 Å². The molecule has 0 aromatic heterocycles. The zero-order chi connectivity index (χ0) is 17.5. The minimum Gasteiger partial charge on any atom is -0.456 e. The fourth-order valence-electron chi connectivity index (χ4n) is 2.80. The average molecular weight is 329 g/mol. The van der Waals surface area contributed by atoms with Gasteiger partial charge in [-0.15, -0.1) is 6.58 Å². The number of rotatable bonds is 6. The van der Waals surface area contributed by atoms with E-state index in [0.29, 0.717) is 13.2 Å². The molecule has 0 aliphatic carbocycles. The van der Waals surface area contributed by atoms with Crippen LogP contribution in [0.3, 0.4) is 0 Å². The van der Waals surface area contributed by atoms with Crippen molar-refractivity contribution >= 4 is 11.9 Å². The number of hydrogen-bond acceptors (Lipinski definition) is 4. The Bertz CT molecular complexity index is 611. The molecule has 1 aromatic carbocycles. The molecule has 0 saturated heterocycles. The summed E-state index contributed by atoms with van der Waals surface area (Å²) in [5.74, 6) is -0.498. The highest BCUT2D eigenvalue weighted by Gasteiger charge is 2.37. The highest BCUT2D eigenvalue weighted by Crippen LogP contribution is 2.22. The number of carbonyl (C=O) groups is 2. The molecule has 2 rings (SSSR count). The third kappa shape index (κ3) is 4.55. The van der Waals surface area contributed by atoms with Gasteiger partial charge in [0.15, 0.2) is 0 Å². The van der Waals surface area contributed by atoms with Crippen LogP contribution < -0.4 is 0 Å². The van der Waals surface area contributed by atoms with E-state index in [1.807, 2.05) is 36.4 Å². The highest BCUT2D eigenvalue weighted by molar-refractivity contribution is 5.74. The number of benzene rings is 1. The van der Waals surface area contributed by atoms with Crippen LogP contribution in [-0.4, -0.2) is 41.6 Å². The van der Waals surface area contributed by atoms with E-state index in [-0.39, 0.29) is 5.91 Å². The maximum absolute atomic E-state index is 12.0. The second-order valence-electron chi connectivity index (χ2n) is 5.66. The van der Waals surface area contributed by atoms with Crippen molar-refractivity contribution in [2.75, 3.05) is 6.54 Å². The van der Waals surface area contributed by atoms with Gasteiger partial charge in [-0.25, -0.2) is 0 Å². The maximum atomic E-state index is 12.0. The van der Waals surface area contributed by atoms with Crippen LogP contribution in [-0.2, 0) is 25.7 Å². The average Bonchev–Trinajstić information content (AvgIpc) is 2.56. The van der Waals surface area contributed by atoms with Gasteiger partial charge in [0.25, 0.3) is 0 Å². The number of hydrogen-bond donors (Lipinski definition) is 0. The van der Waals surface area contributed by atoms with E-state index < -0.39 is 24.2 Å². The largest absolute Gasteiger partial charge is 0.456 e. The van der Waals surface area contributed by atoms with Crippen molar-refractivity contribution in [3.63, 3.8) is 0 Å². The van der Waals surface area contributed by atoms with Crippen LogP contribution in [0.5, 0.6) is 0 Å². The Morgan fingerprint density at radius 2 is 2.04 bits per heavy atom. The van der Waals surface area contributed by atoms with Gasteiger partial charge >= 0.3 is 5.97 Å². The first-order chi connectivity index (χ1) is 11.5. The Labute approximate surface area is 142 Å². The van der Waals surface area contributed by atoms with Crippen LogP contribution in [0.15, 0.2) is 55.1 Å². The maximum Gasteiger partial charge on any atom is 0.303 e. The molecule has 128 valence electrons. The van der Waals surface area contributed by atoms with E-state index >= 15 is 0 Å². The fraction of sp³-hybridized carbons (Fsp3) is 0.368. The number of esters is 1. The lowest BCUT2D eigenvalue weighted by atomic mass is 9.98. The van der Waals surface area contributed by atoms with Gasteiger partial charge in [-0.2, -0.15) is 0 Å². The molecule has 1 aromatic rings. The standard InChI is InChI=1S/C19H23NO4/c1-4-17(23-13-16-9-6-5-7-10-16)19-18(24-15(3)22)11-8-12-20(19)14(2)21/h4-11,17-19H,1,12-13H2,2-3H3/t17-,18+,19-/m1/s1. The minimum absolute atomic E-state index is 0.100. The lowest BCUT2D eigenvalue weighted by Crippen LogP contribution is -2.55. The number of carbonyl (C=O) groups excluding carboxylic acids is 2. The Balaban J connectivity index is 2.18. The van der Waals surface area contributed by atoms with Gasteiger partial charge in [-0.05, 0) is 11.6 Å². The summed E-state index contributed by atoms with van der Waals surface area (Å²) in [7, 11) is 0. The van der Waals surface area contributed by atoms with Gasteiger partial charge in [-0.3, -0.25) is 9.59 Å². The molecule has 0 spiro atoms. The number of ether oxygens (including phenoxy) is 2. The molecule has 0 radical (unpaired) electrons. The second-order valence-corrected chi connectivity index (χ2v) is 5.66. The fourth-order valence-corrected chi connectivity index (χ4v) is 2.80. The molecule has 1 aliphatic heterocycles. The number of nitrogens with zero attached hydrogens (tertiary/aromatic N) is 1. The molecule has 5 heteroatoms. The first-order valence-corrected chi connectivity index (χ1v) is 7.92. The van der Waals surface area contributed by atoms with Gasteiger partial charge in [0.05, 0.1) is 6.61 Å². The van der Waals surface area contributed by atoms with Crippen LogP contribution >= 0.6 is 0 Å². The molecule has 1 amide bonds. The first kappa shape index (κ1) is 17.9. The van der Waals surface area contributed by atoms with Gasteiger partial charge in [-0.1, -0.05) is 42.5 Å². The van der Waals surface area contributed by atoms with Crippen molar-refractivity contribution in [1.82, 2.24) is 4.90 Å². The zero-order valence-corrected chi connectivity index (χ0v) is 14.1. The van der Waals surface area contributed by atoms with Crippen molar-refractivity contribution < 1.29 is 19.1 Å². The van der Waals surface area contributed by atoms with Crippen molar-refractivity contribution in [1.29, 1.82) is 0 Å². The van der Waals surface area contributed by atoms with Crippen molar-refractivity contribution in [2.45, 2.75) is 38.7 Å². The van der Waals surface area contributed by atoms with E-state index in [1.54, 1.807) is 17.1 Å². The first-order valence-electron chi connectivity index (χ1n) is 7.92. The summed E-state index contributed by atoms with van der Waals surface area (Å²) in [4.78, 5) is 25.0. The monoisotopic (exact) mass is 329 g/mol. The van der Waals surface area contributed by atoms with Crippen LogP contribution in [0.2, 0.25) is 0 Å². The van der Waals surface area contributed by atoms with Crippen LogP contribution in [0.25, 0.3) is 0 Å². The van der Waals surface area contributed by atoms with E-state index in [0.717, 1.165) is 5.56 Å². The van der Waals surface area contributed by atoms with Gasteiger partial charge in [0.1, 0.15) is 18.2 Å². The minimum atomic E-state index is -0.557. The summed E-state index contributed by atoms with van der Waals surface area (Å²) in [5, 5.41) is 0. The van der Waals surface area contributed by atoms with Crippen molar-refractivity contribution in [3.05, 3.63) is 60.7 Å². The highest BCUT2D eigenvalue weighted by atomic mass is 16.5. The molecule has 1 aliphatic rings. The molecular formula is C19H23NO4. The molecule has 1 heterocycles. The Kier molecular flexibility index (Phi) is 6.32. The molecule has 0 saturated carbocycles. The Morgan fingerprint density at radius 3 is 2.62 bits per heavy atom. The summed E-state index contributed by atoms with van der Waals surface area (Å²) >= 11 is 0. The molecule has 24 heavy (non-hydrogen) atoms. The van der Waals surface area contributed by atoms with Crippen molar-refractivity contribution in [3.8, 4) is 0 Å². The second kappa shape index (κ2) is 8.45. The van der Waals surface area contributed by atoms with Crippen LogP contribution in [0.1, 0.15) is 19.4 Å². The normalized spacial score (nSPS) is 21.2. The Hall–Kier alpha value is -2.40. The molecule has 3 atom stereocenters. The number of amides is 1. The quantitative estimate of drug-likeness (QED) is 0.594. The molecule has 0 fully saturated rings. The molecule has 0 unspecified atom stereocenters. The molecular weight excluding hydrogens is 306 g/mol. The summed E-state index contributed by atoms with van der Waals surface area (Å²) in [6, 6.07) is 9.32. The van der Waals surface area contributed by atoms with Crippen molar-refractivity contribution in [2.24, 2.45) is 0 Å². The summed E-state index contributed by atoms with van der Waals surface area (Å²) < 4.78 is 11.3. The van der Waals surface area contributed by atoms with E-state index in [2.05, 4.69) is 6.58 Å². The third-order valence-corrected chi connectivity index (χ3v) is 3.89. The predicted octanol–water partition coefficient (Wildman–Crippen LogP) is 2.48. The summed E-state index contributed by atoms with van der Waals surface area (Å²) in [5.41, 5.74) is 1.02. The third-order valence-electron chi connectivity index (χ3n) is 3.89. The lowest BCUT2D eigenvalue weighted by molar-refractivity contribution is -0.155.